The van der Waals surface area contributed by atoms with Crippen LogP contribution in [0.5, 0.6) is 0 Å². The molecule has 0 spiro atoms. The Kier molecular flexibility index (Phi) is 6.95. The fraction of sp³-hybridized carbons (Fsp3) is 0.741. The van der Waals surface area contributed by atoms with Gasteiger partial charge in [-0.1, -0.05) is 13.8 Å². The predicted molar refractivity (Wildman–Crippen MR) is 133 cm³/mol. The lowest BCUT2D eigenvalue weighted by Gasteiger charge is -2.61. The van der Waals surface area contributed by atoms with E-state index in [4.69, 9.17) is 0 Å². The van der Waals surface area contributed by atoms with Crippen molar-refractivity contribution in [2.75, 3.05) is 0 Å². The summed E-state index contributed by atoms with van der Waals surface area (Å²) in [5, 5.41) is 14.8. The highest BCUT2D eigenvalue weighted by Gasteiger charge is 2.60. The Morgan fingerprint density at radius 3 is 2.48 bits per heavy atom. The summed E-state index contributed by atoms with van der Waals surface area (Å²) in [5.41, 5.74) is 5.17. The molecule has 4 aliphatic carbocycles. The van der Waals surface area contributed by atoms with Crippen molar-refractivity contribution in [3.05, 3.63) is 30.1 Å². The van der Waals surface area contributed by atoms with Crippen LogP contribution < -0.4 is 5.43 Å². The number of hydrazone groups is 1. The number of hydrogen-bond acceptors (Lipinski definition) is 4. The molecule has 182 valence electrons. The van der Waals surface area contributed by atoms with Gasteiger partial charge in [-0.05, 0) is 111 Å². The molecular formula is C27H40ClN3O2. The van der Waals surface area contributed by atoms with E-state index >= 15 is 0 Å². The predicted octanol–water partition coefficient (Wildman–Crippen LogP) is 5.63. The average Bonchev–Trinajstić information content (AvgIpc) is 3.15. The van der Waals surface area contributed by atoms with Crippen LogP contribution in [0.2, 0.25) is 0 Å². The zero-order chi connectivity index (χ0) is 22.5. The van der Waals surface area contributed by atoms with Gasteiger partial charge in [0.25, 0.3) is 5.91 Å². The molecule has 1 aromatic rings. The fourth-order valence-electron chi connectivity index (χ4n) is 8.71. The Labute approximate surface area is 204 Å². The quantitative estimate of drug-likeness (QED) is 0.441. The van der Waals surface area contributed by atoms with Crippen LogP contribution in [0, 0.1) is 40.4 Å². The van der Waals surface area contributed by atoms with Crippen LogP contribution in [0.4, 0.5) is 0 Å². The maximum absolute atomic E-state index is 12.4. The van der Waals surface area contributed by atoms with Gasteiger partial charge in [-0.3, -0.25) is 9.78 Å². The van der Waals surface area contributed by atoms with Crippen molar-refractivity contribution in [3.63, 3.8) is 0 Å². The van der Waals surface area contributed by atoms with Crippen molar-refractivity contribution in [2.45, 2.75) is 84.7 Å². The molecule has 2 N–H and O–H groups in total. The molecule has 1 amide bonds. The number of fused-ring (bicyclic) bond motifs is 5. The number of halogens is 1. The molecule has 5 nitrogen and oxygen atoms in total. The van der Waals surface area contributed by atoms with Crippen molar-refractivity contribution >= 4 is 24.0 Å². The normalized spacial score (nSPS) is 42.4. The Morgan fingerprint density at radius 2 is 1.73 bits per heavy atom. The molecule has 0 aliphatic heterocycles. The summed E-state index contributed by atoms with van der Waals surface area (Å²) in [6, 6.07) is 3.44. The minimum atomic E-state index is -0.166. The SMILES string of the molecule is C/C(=N/NC(=O)c1ccncc1)C1CCC2C3CC[C@H]4CC(O)CC[C@]4(C)C3CC[C@]12C.Cl. The highest BCUT2D eigenvalue weighted by Crippen LogP contribution is 2.67. The van der Waals surface area contributed by atoms with Gasteiger partial charge in [0, 0.05) is 29.6 Å². The van der Waals surface area contributed by atoms with Crippen LogP contribution >= 0.6 is 12.4 Å². The van der Waals surface area contributed by atoms with E-state index in [1.54, 1.807) is 24.5 Å². The summed E-state index contributed by atoms with van der Waals surface area (Å²) in [5.74, 6) is 3.38. The summed E-state index contributed by atoms with van der Waals surface area (Å²) in [6.45, 7) is 7.17. The first kappa shape index (κ1) is 24.7. The number of aliphatic hydroxyl groups is 1. The van der Waals surface area contributed by atoms with Crippen molar-refractivity contribution < 1.29 is 9.90 Å². The lowest BCUT2D eigenvalue weighted by atomic mass is 9.44. The highest BCUT2D eigenvalue weighted by atomic mass is 35.5. The Morgan fingerprint density at radius 1 is 1.03 bits per heavy atom. The number of aromatic nitrogens is 1. The van der Waals surface area contributed by atoms with Gasteiger partial charge in [-0.15, -0.1) is 12.4 Å². The van der Waals surface area contributed by atoms with E-state index in [0.717, 1.165) is 36.3 Å². The molecule has 8 atom stereocenters. The lowest BCUT2D eigenvalue weighted by molar-refractivity contribution is -0.123. The van der Waals surface area contributed by atoms with E-state index in [0.29, 0.717) is 22.8 Å². The van der Waals surface area contributed by atoms with Gasteiger partial charge < -0.3 is 5.11 Å². The monoisotopic (exact) mass is 473 g/mol. The number of rotatable bonds is 3. The number of carbonyl (C=O) groups excluding carboxylic acids is 1. The molecule has 5 rings (SSSR count). The zero-order valence-corrected chi connectivity index (χ0v) is 21.1. The van der Waals surface area contributed by atoms with Crippen molar-refractivity contribution in [1.82, 2.24) is 10.4 Å². The van der Waals surface area contributed by atoms with Gasteiger partial charge in [0.1, 0.15) is 0 Å². The molecule has 4 aliphatic rings. The third-order valence-corrected chi connectivity index (χ3v) is 10.4. The summed E-state index contributed by atoms with van der Waals surface area (Å²) in [6.07, 6.45) is 14.1. The second kappa shape index (κ2) is 9.30. The van der Waals surface area contributed by atoms with Crippen LogP contribution in [-0.4, -0.2) is 27.8 Å². The Hall–Kier alpha value is -1.46. The van der Waals surface area contributed by atoms with E-state index in [1.807, 2.05) is 0 Å². The van der Waals surface area contributed by atoms with Crippen LogP contribution in [-0.2, 0) is 0 Å². The summed E-state index contributed by atoms with van der Waals surface area (Å²) >= 11 is 0. The standard InChI is InChI=1S/C27H39N3O2.ClH/c1-17(29-30-25(32)18-10-14-28-15-11-18)22-6-7-23-21-5-4-19-16-20(31)8-12-26(19,2)24(21)9-13-27(22,23)3;/h10-11,14-15,19-24,31H,4-9,12-13,16H2,1-3H3,(H,30,32);1H/b29-17-;/t19-,20?,21?,22?,23?,24?,26-,27+;/m0./s1. The van der Waals surface area contributed by atoms with Gasteiger partial charge in [-0.2, -0.15) is 5.10 Å². The number of nitrogens with one attached hydrogen (secondary N) is 1. The van der Waals surface area contributed by atoms with Gasteiger partial charge in [0.05, 0.1) is 6.10 Å². The van der Waals surface area contributed by atoms with Gasteiger partial charge >= 0.3 is 0 Å². The molecule has 5 unspecified atom stereocenters. The van der Waals surface area contributed by atoms with Crippen LogP contribution in [0.3, 0.4) is 0 Å². The van der Waals surface area contributed by atoms with Crippen molar-refractivity contribution in [3.8, 4) is 0 Å². The van der Waals surface area contributed by atoms with E-state index < -0.39 is 0 Å². The van der Waals surface area contributed by atoms with E-state index in [-0.39, 0.29) is 29.8 Å². The van der Waals surface area contributed by atoms with Crippen molar-refractivity contribution in [2.24, 2.45) is 45.5 Å². The molecule has 0 bridgehead atoms. The highest BCUT2D eigenvalue weighted by molar-refractivity contribution is 5.95. The molecule has 1 aromatic heterocycles. The molecule has 33 heavy (non-hydrogen) atoms. The summed E-state index contributed by atoms with van der Waals surface area (Å²) in [4.78, 5) is 16.4. The first-order valence-electron chi connectivity index (χ1n) is 12.8. The van der Waals surface area contributed by atoms with E-state index in [9.17, 15) is 9.90 Å². The Bertz CT molecular complexity index is 893. The number of amides is 1. The van der Waals surface area contributed by atoms with Crippen LogP contribution in [0.1, 0.15) is 88.9 Å². The summed E-state index contributed by atoms with van der Waals surface area (Å²) in [7, 11) is 0. The molecule has 1 heterocycles. The average molecular weight is 474 g/mol. The molecule has 6 heteroatoms. The largest absolute Gasteiger partial charge is 0.393 e. The number of nitrogens with zero attached hydrogens (tertiary/aromatic N) is 2. The molecule has 0 radical (unpaired) electrons. The molecular weight excluding hydrogens is 434 g/mol. The second-order valence-corrected chi connectivity index (χ2v) is 11.7. The Balaban J connectivity index is 0.00000259. The molecule has 4 saturated carbocycles. The second-order valence-electron chi connectivity index (χ2n) is 11.7. The zero-order valence-electron chi connectivity index (χ0n) is 20.3. The van der Waals surface area contributed by atoms with Gasteiger partial charge in [-0.25, -0.2) is 5.43 Å². The minimum absolute atomic E-state index is 0. The number of hydrogen-bond donors (Lipinski definition) is 2. The summed E-state index contributed by atoms with van der Waals surface area (Å²) < 4.78 is 0. The fourth-order valence-corrected chi connectivity index (χ4v) is 8.71. The maximum atomic E-state index is 12.4. The molecule has 4 fully saturated rings. The van der Waals surface area contributed by atoms with Gasteiger partial charge in [0.2, 0.25) is 0 Å². The van der Waals surface area contributed by atoms with E-state index in [1.165, 1.54) is 44.9 Å². The molecule has 0 saturated heterocycles. The van der Waals surface area contributed by atoms with Crippen LogP contribution in [0.25, 0.3) is 0 Å². The minimum Gasteiger partial charge on any atom is -0.393 e. The number of aliphatic hydroxyl groups excluding tert-OH is 1. The number of carbonyl (C=O) groups is 1. The van der Waals surface area contributed by atoms with Crippen LogP contribution in [0.15, 0.2) is 29.6 Å². The third kappa shape index (κ3) is 4.14. The first-order valence-corrected chi connectivity index (χ1v) is 12.8. The number of pyridine rings is 1. The third-order valence-electron chi connectivity index (χ3n) is 10.4. The molecule has 0 aromatic carbocycles. The maximum Gasteiger partial charge on any atom is 0.271 e. The van der Waals surface area contributed by atoms with E-state index in [2.05, 4.69) is 36.3 Å². The smallest absolute Gasteiger partial charge is 0.271 e. The van der Waals surface area contributed by atoms with Crippen molar-refractivity contribution in [1.29, 1.82) is 0 Å². The topological polar surface area (TPSA) is 74.6 Å². The van der Waals surface area contributed by atoms with Gasteiger partial charge in [0.15, 0.2) is 0 Å². The first-order chi connectivity index (χ1) is 15.3. The lowest BCUT2D eigenvalue weighted by Crippen LogP contribution is -2.54.